The van der Waals surface area contributed by atoms with Gasteiger partial charge in [-0.1, -0.05) is 54.2 Å². The summed E-state index contributed by atoms with van der Waals surface area (Å²) in [5.41, 5.74) is 0.653. The van der Waals surface area contributed by atoms with Gasteiger partial charge >= 0.3 is 0 Å². The molecule has 1 aliphatic heterocycles. The van der Waals surface area contributed by atoms with Crippen LogP contribution in [0.25, 0.3) is 0 Å². The Morgan fingerprint density at radius 3 is 2.52 bits per heavy atom. The maximum atomic E-state index is 13.1. The molecule has 1 amide bonds. The third-order valence-corrected chi connectivity index (χ3v) is 5.32. The van der Waals surface area contributed by atoms with Gasteiger partial charge in [0, 0.05) is 23.7 Å². The lowest BCUT2D eigenvalue weighted by Gasteiger charge is -2.37. The molecule has 1 fully saturated rings. The van der Waals surface area contributed by atoms with E-state index in [2.05, 4.69) is 47.2 Å². The molecule has 4 heteroatoms. The van der Waals surface area contributed by atoms with Crippen molar-refractivity contribution in [3.8, 4) is 0 Å². The summed E-state index contributed by atoms with van der Waals surface area (Å²) in [6, 6.07) is 8.40. The van der Waals surface area contributed by atoms with E-state index in [1.54, 1.807) is 0 Å². The molecule has 1 saturated heterocycles. The van der Waals surface area contributed by atoms with Gasteiger partial charge in [-0.25, -0.2) is 0 Å². The van der Waals surface area contributed by atoms with Crippen molar-refractivity contribution in [1.82, 2.24) is 5.32 Å². The molecular weight excluding hydrogens is 354 g/mol. The second kappa shape index (κ2) is 8.84. The number of ether oxygens (including phenoxy) is 1. The van der Waals surface area contributed by atoms with Gasteiger partial charge in [-0.3, -0.25) is 4.79 Å². The molecule has 0 radical (unpaired) electrons. The van der Waals surface area contributed by atoms with Gasteiger partial charge in [0.05, 0.1) is 5.41 Å². The minimum atomic E-state index is -0.446. The zero-order valence-electron chi connectivity index (χ0n) is 14.2. The van der Waals surface area contributed by atoms with Crippen LogP contribution in [-0.2, 0) is 14.9 Å². The number of carbonyl (C=O) groups excluding carboxylic acids is 1. The summed E-state index contributed by atoms with van der Waals surface area (Å²) in [6.45, 7) is 5.61. The molecule has 1 heterocycles. The number of halogens is 1. The van der Waals surface area contributed by atoms with Crippen LogP contribution >= 0.6 is 15.9 Å². The maximum Gasteiger partial charge on any atom is 0.231 e. The Balaban J connectivity index is 2.11. The summed E-state index contributed by atoms with van der Waals surface area (Å²) in [6.07, 6.45) is 6.16. The normalized spacial score (nSPS) is 18.4. The Morgan fingerprint density at radius 2 is 1.91 bits per heavy atom. The quantitative estimate of drug-likeness (QED) is 0.701. The minimum absolute atomic E-state index is 0.159. The highest BCUT2D eigenvalue weighted by Gasteiger charge is 2.41. The van der Waals surface area contributed by atoms with E-state index >= 15 is 0 Å². The van der Waals surface area contributed by atoms with Crippen molar-refractivity contribution in [2.24, 2.45) is 0 Å². The number of benzene rings is 1. The molecule has 1 aliphatic rings. The van der Waals surface area contributed by atoms with E-state index in [0.29, 0.717) is 13.2 Å². The molecule has 0 spiro atoms. The number of unbranched alkanes of at least 4 members (excludes halogenated alkanes) is 2. The Morgan fingerprint density at radius 1 is 1.26 bits per heavy atom. The Labute approximate surface area is 148 Å². The van der Waals surface area contributed by atoms with E-state index in [9.17, 15) is 4.79 Å². The topological polar surface area (TPSA) is 38.3 Å². The highest BCUT2D eigenvalue weighted by Crippen LogP contribution is 2.36. The van der Waals surface area contributed by atoms with Crippen molar-refractivity contribution in [3.05, 3.63) is 34.3 Å². The van der Waals surface area contributed by atoms with Crippen LogP contribution < -0.4 is 5.32 Å². The van der Waals surface area contributed by atoms with Crippen molar-refractivity contribution in [2.75, 3.05) is 13.2 Å². The molecular formula is C19H28BrNO2. The van der Waals surface area contributed by atoms with Gasteiger partial charge in [0.1, 0.15) is 0 Å². The number of amides is 1. The average Bonchev–Trinajstić information content (AvgIpc) is 2.56. The lowest BCUT2D eigenvalue weighted by Crippen LogP contribution is -2.50. The number of nitrogens with one attached hydrogen (secondary N) is 1. The third-order valence-electron chi connectivity index (χ3n) is 4.80. The largest absolute Gasteiger partial charge is 0.381 e. The summed E-state index contributed by atoms with van der Waals surface area (Å²) >= 11 is 3.47. The second-order valence-electron chi connectivity index (χ2n) is 6.57. The first kappa shape index (κ1) is 18.5. The van der Waals surface area contributed by atoms with Gasteiger partial charge in [-0.05, 0) is 43.9 Å². The SMILES string of the molecule is CCCCCC(C)NC(=O)C1(c2ccc(Br)cc2)CCOCC1. The Kier molecular flexibility index (Phi) is 7.09. The summed E-state index contributed by atoms with van der Waals surface area (Å²) in [4.78, 5) is 13.1. The molecule has 1 aromatic rings. The van der Waals surface area contributed by atoms with Gasteiger partial charge in [0.15, 0.2) is 0 Å². The van der Waals surface area contributed by atoms with E-state index in [-0.39, 0.29) is 11.9 Å². The second-order valence-corrected chi connectivity index (χ2v) is 7.49. The van der Waals surface area contributed by atoms with Crippen molar-refractivity contribution < 1.29 is 9.53 Å². The Bertz CT molecular complexity index is 495. The minimum Gasteiger partial charge on any atom is -0.381 e. The third kappa shape index (κ3) is 4.80. The first-order chi connectivity index (χ1) is 11.1. The van der Waals surface area contributed by atoms with Crippen molar-refractivity contribution in [2.45, 2.75) is 63.8 Å². The molecule has 1 unspecified atom stereocenters. The summed E-state index contributed by atoms with van der Waals surface area (Å²) in [7, 11) is 0. The molecule has 0 aliphatic carbocycles. The predicted molar refractivity (Wildman–Crippen MR) is 97.6 cm³/mol. The van der Waals surface area contributed by atoms with Crippen LogP contribution in [0.15, 0.2) is 28.7 Å². The van der Waals surface area contributed by atoms with Gasteiger partial charge in [-0.15, -0.1) is 0 Å². The van der Waals surface area contributed by atoms with Gasteiger partial charge < -0.3 is 10.1 Å². The zero-order chi connectivity index (χ0) is 16.7. The Hall–Kier alpha value is -0.870. The van der Waals surface area contributed by atoms with E-state index in [1.807, 2.05) is 12.1 Å². The van der Waals surface area contributed by atoms with Crippen LogP contribution in [-0.4, -0.2) is 25.2 Å². The maximum absolute atomic E-state index is 13.1. The highest BCUT2D eigenvalue weighted by molar-refractivity contribution is 9.10. The van der Waals surface area contributed by atoms with Gasteiger partial charge in [-0.2, -0.15) is 0 Å². The lowest BCUT2D eigenvalue weighted by molar-refractivity contribution is -0.131. The molecule has 1 N–H and O–H groups in total. The van der Waals surface area contributed by atoms with Gasteiger partial charge in [0.25, 0.3) is 0 Å². The molecule has 0 bridgehead atoms. The van der Waals surface area contributed by atoms with Crippen molar-refractivity contribution >= 4 is 21.8 Å². The molecule has 0 saturated carbocycles. The summed E-state index contributed by atoms with van der Waals surface area (Å²) in [5, 5.41) is 3.26. The summed E-state index contributed by atoms with van der Waals surface area (Å²) < 4.78 is 6.55. The predicted octanol–water partition coefficient (Wildman–Crippen LogP) is 4.58. The number of hydrogen-bond acceptors (Lipinski definition) is 2. The van der Waals surface area contributed by atoms with Crippen LogP contribution in [0.2, 0.25) is 0 Å². The van der Waals surface area contributed by atoms with Crippen LogP contribution in [0.3, 0.4) is 0 Å². The van der Waals surface area contributed by atoms with Crippen LogP contribution in [0.4, 0.5) is 0 Å². The standard InChI is InChI=1S/C19H28BrNO2/c1-3-4-5-6-15(2)21-18(22)19(11-13-23-14-12-19)16-7-9-17(20)10-8-16/h7-10,15H,3-6,11-14H2,1-2H3,(H,21,22). The van der Waals surface area contributed by atoms with Crippen molar-refractivity contribution in [1.29, 1.82) is 0 Å². The molecule has 23 heavy (non-hydrogen) atoms. The lowest BCUT2D eigenvalue weighted by atomic mass is 9.73. The van der Waals surface area contributed by atoms with Crippen LogP contribution in [0.5, 0.6) is 0 Å². The molecule has 2 rings (SSSR count). The van der Waals surface area contributed by atoms with E-state index in [4.69, 9.17) is 4.74 Å². The fraction of sp³-hybridized carbons (Fsp3) is 0.632. The fourth-order valence-corrected chi connectivity index (χ4v) is 3.53. The van der Waals surface area contributed by atoms with Crippen LogP contribution in [0, 0.1) is 0 Å². The van der Waals surface area contributed by atoms with E-state index in [0.717, 1.165) is 29.3 Å². The number of rotatable bonds is 7. The van der Waals surface area contributed by atoms with E-state index in [1.165, 1.54) is 19.3 Å². The highest BCUT2D eigenvalue weighted by atomic mass is 79.9. The number of hydrogen-bond donors (Lipinski definition) is 1. The number of carbonyl (C=O) groups is 1. The molecule has 0 aromatic heterocycles. The van der Waals surface area contributed by atoms with E-state index < -0.39 is 5.41 Å². The van der Waals surface area contributed by atoms with Crippen molar-refractivity contribution in [3.63, 3.8) is 0 Å². The average molecular weight is 382 g/mol. The van der Waals surface area contributed by atoms with Crippen LogP contribution in [0.1, 0.15) is 57.9 Å². The molecule has 1 aromatic carbocycles. The zero-order valence-corrected chi connectivity index (χ0v) is 15.8. The summed E-state index contributed by atoms with van der Waals surface area (Å²) in [5.74, 6) is 0.159. The first-order valence-corrected chi connectivity index (χ1v) is 9.52. The smallest absolute Gasteiger partial charge is 0.231 e. The molecule has 128 valence electrons. The van der Waals surface area contributed by atoms with Gasteiger partial charge in [0.2, 0.25) is 5.91 Å². The first-order valence-electron chi connectivity index (χ1n) is 8.73. The molecule has 1 atom stereocenters. The molecule has 3 nitrogen and oxygen atoms in total. The monoisotopic (exact) mass is 381 g/mol. The fourth-order valence-electron chi connectivity index (χ4n) is 3.27.